The van der Waals surface area contributed by atoms with Crippen LogP contribution in [-0.2, 0) is 23.4 Å². The number of nitrogens with one attached hydrogen (secondary N) is 1. The first-order chi connectivity index (χ1) is 10.1. The van der Waals surface area contributed by atoms with Crippen LogP contribution in [0.15, 0.2) is 35.4 Å². The Balaban J connectivity index is 2.32. The molecule has 9 heteroatoms. The van der Waals surface area contributed by atoms with E-state index < -0.39 is 20.2 Å². The summed E-state index contributed by atoms with van der Waals surface area (Å²) in [5, 5.41) is 6.75. The van der Waals surface area contributed by atoms with Crippen molar-refractivity contribution in [2.75, 3.05) is 5.32 Å². The molecule has 2 aromatic rings. The molecule has 1 N–H and O–H groups in total. The molecule has 0 atom stereocenters. The van der Waals surface area contributed by atoms with Gasteiger partial charge in [-0.1, -0.05) is 12.1 Å². The minimum atomic E-state index is -5.40. The van der Waals surface area contributed by atoms with Gasteiger partial charge in [0.05, 0.1) is 16.8 Å². The van der Waals surface area contributed by atoms with Gasteiger partial charge in [0.1, 0.15) is 0 Å². The Bertz CT molecular complexity index is 782. The molecule has 0 unspecified atom stereocenters. The van der Waals surface area contributed by atoms with Crippen LogP contribution in [0.4, 0.5) is 18.9 Å². The normalized spacial score (nSPS) is 12.4. The molecule has 120 valence electrons. The van der Waals surface area contributed by atoms with E-state index in [4.69, 9.17) is 0 Å². The van der Waals surface area contributed by atoms with Crippen molar-refractivity contribution in [3.05, 3.63) is 41.7 Å². The summed E-state index contributed by atoms with van der Waals surface area (Å²) in [4.78, 5) is -0.788. The summed E-state index contributed by atoms with van der Waals surface area (Å²) in [6.45, 7) is 1.98. The van der Waals surface area contributed by atoms with E-state index in [1.54, 1.807) is 17.9 Å². The summed E-state index contributed by atoms with van der Waals surface area (Å²) < 4.78 is 62.9. The van der Waals surface area contributed by atoms with Crippen molar-refractivity contribution in [2.24, 2.45) is 7.05 Å². The van der Waals surface area contributed by atoms with E-state index in [2.05, 4.69) is 10.4 Å². The molecule has 2 rings (SSSR count). The summed E-state index contributed by atoms with van der Waals surface area (Å²) in [5.74, 6) is 0. The summed E-state index contributed by atoms with van der Waals surface area (Å²) in [6, 6.07) is 4.94. The van der Waals surface area contributed by atoms with Crippen LogP contribution in [-0.4, -0.2) is 23.7 Å². The smallest absolute Gasteiger partial charge is 0.380 e. The maximum Gasteiger partial charge on any atom is 0.501 e. The first kappa shape index (κ1) is 16.3. The van der Waals surface area contributed by atoms with Crippen LogP contribution in [0.1, 0.15) is 11.3 Å². The van der Waals surface area contributed by atoms with Crippen molar-refractivity contribution >= 4 is 15.5 Å². The molecule has 22 heavy (non-hydrogen) atoms. The van der Waals surface area contributed by atoms with Crippen LogP contribution in [0.25, 0.3) is 0 Å². The summed E-state index contributed by atoms with van der Waals surface area (Å²) in [7, 11) is -3.66. The van der Waals surface area contributed by atoms with Gasteiger partial charge < -0.3 is 5.32 Å². The molecule has 0 saturated heterocycles. The average Bonchev–Trinajstić information content (AvgIpc) is 2.75. The van der Waals surface area contributed by atoms with Crippen molar-refractivity contribution in [1.29, 1.82) is 0 Å². The number of sulfone groups is 1. The molecule has 0 radical (unpaired) electrons. The van der Waals surface area contributed by atoms with Gasteiger partial charge in [0.15, 0.2) is 0 Å². The molecule has 0 amide bonds. The monoisotopic (exact) mass is 333 g/mol. The van der Waals surface area contributed by atoms with E-state index >= 15 is 0 Å². The van der Waals surface area contributed by atoms with E-state index in [1.807, 2.05) is 6.92 Å². The number of nitrogens with zero attached hydrogens (tertiary/aromatic N) is 2. The summed E-state index contributed by atoms with van der Waals surface area (Å²) in [6.07, 6.45) is 1.57. The van der Waals surface area contributed by atoms with Crippen molar-refractivity contribution in [2.45, 2.75) is 23.9 Å². The third-order valence-electron chi connectivity index (χ3n) is 3.29. The molecule has 1 aromatic heterocycles. The lowest BCUT2D eigenvalue weighted by Gasteiger charge is -2.14. The molecule has 0 aliphatic rings. The predicted molar refractivity (Wildman–Crippen MR) is 75.0 cm³/mol. The van der Waals surface area contributed by atoms with Crippen LogP contribution in [0, 0.1) is 6.92 Å². The molecular formula is C13H14F3N3O2S. The van der Waals surface area contributed by atoms with Gasteiger partial charge in [-0.15, -0.1) is 0 Å². The number of anilines is 1. The topological polar surface area (TPSA) is 64.0 Å². The van der Waals surface area contributed by atoms with Gasteiger partial charge in [-0.25, -0.2) is 8.42 Å². The number of aryl methyl sites for hydroxylation is 1. The Morgan fingerprint density at radius 2 is 1.91 bits per heavy atom. The van der Waals surface area contributed by atoms with E-state index in [9.17, 15) is 21.6 Å². The molecule has 0 spiro atoms. The number of aromatic nitrogens is 2. The highest BCUT2D eigenvalue weighted by atomic mass is 32.2. The molecule has 0 aliphatic carbocycles. The Morgan fingerprint density at radius 3 is 2.45 bits per heavy atom. The van der Waals surface area contributed by atoms with Gasteiger partial charge >= 0.3 is 5.51 Å². The Hall–Kier alpha value is -2.03. The quantitative estimate of drug-likeness (QED) is 0.934. The fraction of sp³-hybridized carbons (Fsp3) is 0.308. The van der Waals surface area contributed by atoms with Crippen molar-refractivity contribution in [1.82, 2.24) is 9.78 Å². The van der Waals surface area contributed by atoms with E-state index in [-0.39, 0.29) is 12.2 Å². The van der Waals surface area contributed by atoms with E-state index in [0.717, 1.165) is 17.3 Å². The molecule has 0 saturated carbocycles. The van der Waals surface area contributed by atoms with Crippen LogP contribution in [0.2, 0.25) is 0 Å². The van der Waals surface area contributed by atoms with E-state index in [1.165, 1.54) is 18.2 Å². The molecule has 0 fully saturated rings. The Labute approximate surface area is 125 Å². The van der Waals surface area contributed by atoms with Gasteiger partial charge in [0.2, 0.25) is 0 Å². The SMILES string of the molecule is Cc1c(CNc2ccccc2S(=O)(=O)C(F)(F)F)cnn1C. The lowest BCUT2D eigenvalue weighted by Crippen LogP contribution is -2.24. The first-order valence-electron chi connectivity index (χ1n) is 6.26. The highest BCUT2D eigenvalue weighted by molar-refractivity contribution is 7.92. The largest absolute Gasteiger partial charge is 0.501 e. The molecule has 0 bridgehead atoms. The average molecular weight is 333 g/mol. The molecule has 1 heterocycles. The molecular weight excluding hydrogens is 319 g/mol. The number of hydrogen-bond acceptors (Lipinski definition) is 4. The fourth-order valence-electron chi connectivity index (χ4n) is 1.88. The first-order valence-corrected chi connectivity index (χ1v) is 7.74. The number of para-hydroxylation sites is 1. The second-order valence-corrected chi connectivity index (χ2v) is 6.59. The number of rotatable bonds is 4. The summed E-state index contributed by atoms with van der Waals surface area (Å²) in [5.41, 5.74) is -3.83. The Kier molecular flexibility index (Phi) is 4.19. The van der Waals surface area contributed by atoms with Crippen molar-refractivity contribution in [3.8, 4) is 0 Å². The highest BCUT2D eigenvalue weighted by Crippen LogP contribution is 2.34. The van der Waals surface area contributed by atoms with Gasteiger partial charge in [0, 0.05) is 24.8 Å². The maximum atomic E-state index is 12.7. The predicted octanol–water partition coefficient (Wildman–Crippen LogP) is 2.63. The number of alkyl halides is 3. The molecule has 1 aromatic carbocycles. The minimum Gasteiger partial charge on any atom is -0.380 e. The Morgan fingerprint density at radius 1 is 1.27 bits per heavy atom. The zero-order valence-corrected chi connectivity index (χ0v) is 12.7. The van der Waals surface area contributed by atoms with Gasteiger partial charge in [-0.3, -0.25) is 4.68 Å². The second-order valence-electron chi connectivity index (χ2n) is 4.68. The lowest BCUT2D eigenvalue weighted by atomic mass is 10.2. The summed E-state index contributed by atoms with van der Waals surface area (Å²) >= 11 is 0. The zero-order valence-electron chi connectivity index (χ0n) is 11.8. The molecule has 5 nitrogen and oxygen atoms in total. The van der Waals surface area contributed by atoms with Gasteiger partial charge in [-0.05, 0) is 19.1 Å². The molecule has 0 aliphatic heterocycles. The maximum absolute atomic E-state index is 12.7. The number of halogens is 3. The fourth-order valence-corrected chi connectivity index (χ4v) is 2.82. The number of benzene rings is 1. The highest BCUT2D eigenvalue weighted by Gasteiger charge is 2.47. The third-order valence-corrected chi connectivity index (χ3v) is 4.83. The standard InChI is InChI=1S/C13H14F3N3O2S/c1-9-10(8-18-19(9)2)7-17-11-5-3-4-6-12(11)22(20,21)13(14,15)16/h3-6,8,17H,7H2,1-2H3. The van der Waals surface area contributed by atoms with Crippen LogP contribution in [0.3, 0.4) is 0 Å². The van der Waals surface area contributed by atoms with Crippen LogP contribution < -0.4 is 5.32 Å². The van der Waals surface area contributed by atoms with Crippen molar-refractivity contribution in [3.63, 3.8) is 0 Å². The lowest BCUT2D eigenvalue weighted by molar-refractivity contribution is -0.0435. The minimum absolute atomic E-state index is 0.0944. The van der Waals surface area contributed by atoms with Crippen LogP contribution >= 0.6 is 0 Å². The second kappa shape index (κ2) is 5.64. The van der Waals surface area contributed by atoms with Crippen molar-refractivity contribution < 1.29 is 21.6 Å². The zero-order chi connectivity index (χ0) is 16.5. The van der Waals surface area contributed by atoms with Gasteiger partial charge in [-0.2, -0.15) is 18.3 Å². The van der Waals surface area contributed by atoms with Crippen LogP contribution in [0.5, 0.6) is 0 Å². The van der Waals surface area contributed by atoms with Gasteiger partial charge in [0.25, 0.3) is 9.84 Å². The third kappa shape index (κ3) is 2.94. The number of hydrogen-bond donors (Lipinski definition) is 1. The van der Waals surface area contributed by atoms with E-state index in [0.29, 0.717) is 0 Å².